The quantitative estimate of drug-likeness (QED) is 0.455. The van der Waals surface area contributed by atoms with Gasteiger partial charge in [0.2, 0.25) is 0 Å². The largest absolute Gasteiger partial charge is 0.436 e. The van der Waals surface area contributed by atoms with E-state index >= 15 is 0 Å². The van der Waals surface area contributed by atoms with Gasteiger partial charge in [0, 0.05) is 70.0 Å². The Hall–Kier alpha value is -3.05. The standard InChI is InChI=1S/C34H44Cl2N6O4/c35-28-7-6-24(22-29(28)36)23-31(32(43)40-16-9-26(10-17-40)39-15-3-13-37-14-21-39)46-34(45)41-18-11-27(12-19-41)42-20-8-25-4-1-2-5-30(25)38-33(42)44/h1-2,4-7,22,26-27,31,37H,3,8-21,23H2,(H,38,44)/t31-/m1/s1. The number of nitrogens with one attached hydrogen (secondary N) is 2. The molecule has 46 heavy (non-hydrogen) atoms. The third-order valence-corrected chi connectivity index (χ3v) is 10.6. The maximum Gasteiger partial charge on any atom is 0.410 e. The number of benzene rings is 2. The summed E-state index contributed by atoms with van der Waals surface area (Å²) in [6.07, 6.45) is 3.74. The fourth-order valence-electron chi connectivity index (χ4n) is 7.24. The van der Waals surface area contributed by atoms with E-state index < -0.39 is 12.2 Å². The molecule has 1 atom stereocenters. The zero-order valence-electron chi connectivity index (χ0n) is 26.3. The minimum Gasteiger partial charge on any atom is -0.436 e. The van der Waals surface area contributed by atoms with Crippen LogP contribution in [0.3, 0.4) is 0 Å². The molecule has 248 valence electrons. The number of carbonyl (C=O) groups is 3. The Morgan fingerprint density at radius 1 is 0.848 bits per heavy atom. The summed E-state index contributed by atoms with van der Waals surface area (Å²) in [6.45, 7) is 6.95. The molecule has 3 fully saturated rings. The van der Waals surface area contributed by atoms with Crippen molar-refractivity contribution in [1.29, 1.82) is 0 Å². The molecule has 4 heterocycles. The van der Waals surface area contributed by atoms with Gasteiger partial charge in [-0.1, -0.05) is 47.5 Å². The van der Waals surface area contributed by atoms with E-state index in [1.807, 2.05) is 40.1 Å². The lowest BCUT2D eigenvalue weighted by atomic mass is 10.0. The predicted molar refractivity (Wildman–Crippen MR) is 180 cm³/mol. The molecule has 4 aliphatic rings. The van der Waals surface area contributed by atoms with Gasteiger partial charge in [0.15, 0.2) is 6.10 Å². The Bertz CT molecular complexity index is 1390. The van der Waals surface area contributed by atoms with Gasteiger partial charge in [0.1, 0.15) is 0 Å². The van der Waals surface area contributed by atoms with Crippen LogP contribution in [-0.4, -0.2) is 115 Å². The van der Waals surface area contributed by atoms with Crippen LogP contribution in [0.5, 0.6) is 0 Å². The number of amides is 4. The average Bonchev–Trinajstić information content (AvgIpc) is 3.45. The van der Waals surface area contributed by atoms with Gasteiger partial charge in [0.25, 0.3) is 5.91 Å². The highest BCUT2D eigenvalue weighted by atomic mass is 35.5. The van der Waals surface area contributed by atoms with E-state index in [4.69, 9.17) is 27.9 Å². The van der Waals surface area contributed by atoms with Crippen LogP contribution in [0.2, 0.25) is 10.0 Å². The number of halogens is 2. The topological polar surface area (TPSA) is 97.5 Å². The molecule has 0 radical (unpaired) electrons. The lowest BCUT2D eigenvalue weighted by Gasteiger charge is -2.40. The van der Waals surface area contributed by atoms with Crippen molar-refractivity contribution >= 4 is 46.9 Å². The van der Waals surface area contributed by atoms with Crippen molar-refractivity contribution in [2.45, 2.75) is 63.1 Å². The summed E-state index contributed by atoms with van der Waals surface area (Å²) in [5.41, 5.74) is 2.76. The summed E-state index contributed by atoms with van der Waals surface area (Å²) < 4.78 is 6.01. The molecular formula is C34H44Cl2N6O4. The van der Waals surface area contributed by atoms with Crippen LogP contribution in [-0.2, 0) is 22.4 Å². The van der Waals surface area contributed by atoms with Crippen molar-refractivity contribution in [3.63, 3.8) is 0 Å². The summed E-state index contributed by atoms with van der Waals surface area (Å²) >= 11 is 12.4. The maximum absolute atomic E-state index is 13.9. The van der Waals surface area contributed by atoms with Gasteiger partial charge in [0.05, 0.1) is 10.0 Å². The molecule has 4 aliphatic heterocycles. The zero-order valence-corrected chi connectivity index (χ0v) is 27.8. The van der Waals surface area contributed by atoms with E-state index in [9.17, 15) is 14.4 Å². The van der Waals surface area contributed by atoms with E-state index in [0.29, 0.717) is 61.7 Å². The number of fused-ring (bicyclic) bond motifs is 1. The number of rotatable bonds is 6. The third kappa shape index (κ3) is 7.90. The van der Waals surface area contributed by atoms with Gasteiger partial charge in [-0.15, -0.1) is 0 Å². The Balaban J connectivity index is 1.07. The highest BCUT2D eigenvalue weighted by Gasteiger charge is 2.36. The minimum atomic E-state index is -0.976. The predicted octanol–water partition coefficient (Wildman–Crippen LogP) is 4.88. The number of hydrogen-bond acceptors (Lipinski definition) is 6. The van der Waals surface area contributed by atoms with Gasteiger partial charge in [-0.05, 0) is 80.9 Å². The summed E-state index contributed by atoms with van der Waals surface area (Å²) in [6, 6.07) is 13.5. The van der Waals surface area contributed by atoms with E-state index in [1.54, 1.807) is 17.0 Å². The molecule has 4 amide bonds. The van der Waals surface area contributed by atoms with Crippen molar-refractivity contribution in [3.05, 3.63) is 63.6 Å². The van der Waals surface area contributed by atoms with E-state index in [2.05, 4.69) is 15.5 Å². The summed E-state index contributed by atoms with van der Waals surface area (Å²) in [5, 5.41) is 7.34. The second-order valence-corrected chi connectivity index (χ2v) is 13.6. The molecule has 0 bridgehead atoms. The number of nitrogens with zero attached hydrogens (tertiary/aromatic N) is 4. The van der Waals surface area contributed by atoms with E-state index in [0.717, 1.165) is 68.7 Å². The SMILES string of the molecule is O=C(O[C@H](Cc1ccc(Cl)c(Cl)c1)C(=O)N1CCC(N2CCCNCC2)CC1)N1CCC(N2CCc3ccccc3NC2=O)CC1. The highest BCUT2D eigenvalue weighted by Crippen LogP contribution is 2.27. The van der Waals surface area contributed by atoms with Gasteiger partial charge < -0.3 is 30.1 Å². The number of likely N-dealkylation sites (tertiary alicyclic amines) is 2. The Morgan fingerprint density at radius 3 is 2.37 bits per heavy atom. The molecule has 10 nitrogen and oxygen atoms in total. The molecule has 0 aliphatic carbocycles. The van der Waals surface area contributed by atoms with Gasteiger partial charge in [-0.3, -0.25) is 9.69 Å². The number of para-hydroxylation sites is 1. The summed E-state index contributed by atoms with van der Waals surface area (Å²) in [5.74, 6) is -0.175. The number of ether oxygens (including phenoxy) is 1. The summed E-state index contributed by atoms with van der Waals surface area (Å²) in [4.78, 5) is 48.5. The van der Waals surface area contributed by atoms with Crippen molar-refractivity contribution in [2.24, 2.45) is 0 Å². The normalized spacial score (nSPS) is 21.2. The van der Waals surface area contributed by atoms with Gasteiger partial charge >= 0.3 is 12.1 Å². The first-order chi connectivity index (χ1) is 22.4. The molecule has 0 spiro atoms. The third-order valence-electron chi connectivity index (χ3n) is 9.90. The molecule has 6 rings (SSSR count). The van der Waals surface area contributed by atoms with Crippen LogP contribution in [0.4, 0.5) is 15.3 Å². The molecule has 0 saturated carbocycles. The van der Waals surface area contributed by atoms with Crippen LogP contribution in [0.15, 0.2) is 42.5 Å². The molecule has 0 unspecified atom stereocenters. The number of piperidine rings is 2. The maximum atomic E-state index is 13.9. The zero-order chi connectivity index (χ0) is 32.0. The van der Waals surface area contributed by atoms with Crippen molar-refractivity contribution in [2.75, 3.05) is 64.2 Å². The molecule has 12 heteroatoms. The molecular weight excluding hydrogens is 627 g/mol. The van der Waals surface area contributed by atoms with Gasteiger partial charge in [-0.25, -0.2) is 9.59 Å². The lowest BCUT2D eigenvalue weighted by molar-refractivity contribution is -0.142. The first-order valence-corrected chi connectivity index (χ1v) is 17.4. The minimum absolute atomic E-state index is 0.0216. The fraction of sp³-hybridized carbons (Fsp3) is 0.559. The van der Waals surface area contributed by atoms with E-state index in [-0.39, 0.29) is 24.4 Å². The first kappa shape index (κ1) is 32.9. The van der Waals surface area contributed by atoms with Crippen molar-refractivity contribution in [3.8, 4) is 0 Å². The molecule has 3 saturated heterocycles. The highest BCUT2D eigenvalue weighted by molar-refractivity contribution is 6.42. The Morgan fingerprint density at radius 2 is 1.59 bits per heavy atom. The summed E-state index contributed by atoms with van der Waals surface area (Å²) in [7, 11) is 0. The number of urea groups is 1. The van der Waals surface area contributed by atoms with Crippen LogP contribution in [0.1, 0.15) is 43.2 Å². The number of carbonyl (C=O) groups excluding carboxylic acids is 3. The first-order valence-electron chi connectivity index (χ1n) is 16.6. The van der Waals surface area contributed by atoms with E-state index in [1.165, 1.54) is 0 Å². The Kier molecular flexibility index (Phi) is 10.9. The Labute approximate surface area is 281 Å². The van der Waals surface area contributed by atoms with Crippen LogP contribution < -0.4 is 10.6 Å². The number of anilines is 1. The van der Waals surface area contributed by atoms with Crippen molar-refractivity contribution < 1.29 is 19.1 Å². The monoisotopic (exact) mass is 670 g/mol. The van der Waals surface area contributed by atoms with Crippen LogP contribution in [0.25, 0.3) is 0 Å². The fourth-order valence-corrected chi connectivity index (χ4v) is 7.56. The van der Waals surface area contributed by atoms with Crippen LogP contribution >= 0.6 is 23.2 Å². The molecule has 2 aromatic rings. The van der Waals surface area contributed by atoms with Crippen molar-refractivity contribution in [1.82, 2.24) is 24.9 Å². The van der Waals surface area contributed by atoms with Gasteiger partial charge in [-0.2, -0.15) is 0 Å². The average molecular weight is 672 g/mol. The second-order valence-electron chi connectivity index (χ2n) is 12.8. The lowest BCUT2D eigenvalue weighted by Crippen LogP contribution is -2.52. The smallest absolute Gasteiger partial charge is 0.410 e. The number of hydrogen-bond donors (Lipinski definition) is 2. The molecule has 2 N–H and O–H groups in total. The van der Waals surface area contributed by atoms with Crippen LogP contribution in [0, 0.1) is 0 Å². The molecule has 2 aromatic carbocycles. The molecule has 0 aromatic heterocycles. The second kappa shape index (κ2) is 15.2.